The molecule has 0 bridgehead atoms. The average molecular weight is 643 g/mol. The third kappa shape index (κ3) is 3.40. The second kappa shape index (κ2) is 9.68. The van der Waals surface area contributed by atoms with Crippen LogP contribution in [0.1, 0.15) is 31.8 Å². The molecule has 8 aromatic rings. The highest BCUT2D eigenvalue weighted by Gasteiger charge is 2.38. The molecular formula is C45H26N2O3. The van der Waals surface area contributed by atoms with Gasteiger partial charge in [0, 0.05) is 45.6 Å². The van der Waals surface area contributed by atoms with E-state index in [2.05, 4.69) is 52.9 Å². The lowest BCUT2D eigenvalue weighted by atomic mass is 9.89. The van der Waals surface area contributed by atoms with E-state index in [9.17, 15) is 4.79 Å². The first-order valence-electron chi connectivity index (χ1n) is 16.8. The summed E-state index contributed by atoms with van der Waals surface area (Å²) in [6.45, 7) is 0. The molecule has 7 aromatic carbocycles. The van der Waals surface area contributed by atoms with E-state index < -0.39 is 0 Å². The third-order valence-electron chi connectivity index (χ3n) is 10.7. The van der Waals surface area contributed by atoms with Crippen LogP contribution in [0.25, 0.3) is 55.2 Å². The largest absolute Gasteiger partial charge is 0.453 e. The number of rotatable bonds is 2. The van der Waals surface area contributed by atoms with Gasteiger partial charge in [-0.3, -0.25) is 9.59 Å². The number of benzene rings is 7. The number of aryl methyl sites for hydroxylation is 1. The molecule has 234 valence electrons. The molecular weight excluding hydrogens is 617 g/mol. The molecule has 0 amide bonds. The number of para-hydroxylation sites is 3. The van der Waals surface area contributed by atoms with Gasteiger partial charge in [0.05, 0.1) is 28.1 Å². The van der Waals surface area contributed by atoms with Gasteiger partial charge in [0.1, 0.15) is 0 Å². The van der Waals surface area contributed by atoms with Crippen molar-refractivity contribution >= 4 is 50.4 Å². The molecule has 0 saturated carbocycles. The summed E-state index contributed by atoms with van der Waals surface area (Å²) in [5, 5.41) is 2.28. The summed E-state index contributed by atoms with van der Waals surface area (Å²) in [4.78, 5) is 30.7. The molecule has 0 radical (unpaired) electrons. The van der Waals surface area contributed by atoms with E-state index in [1.165, 1.54) is 0 Å². The van der Waals surface area contributed by atoms with Gasteiger partial charge >= 0.3 is 0 Å². The predicted molar refractivity (Wildman–Crippen MR) is 198 cm³/mol. The van der Waals surface area contributed by atoms with Gasteiger partial charge in [0.2, 0.25) is 0 Å². The Balaban J connectivity index is 1.14. The minimum absolute atomic E-state index is 0.0202. The van der Waals surface area contributed by atoms with Gasteiger partial charge in [-0.1, -0.05) is 103 Å². The number of carbonyl (C=O) groups excluding carboxylic acids is 2. The minimum atomic E-state index is -0.0346. The fourth-order valence-corrected chi connectivity index (χ4v) is 8.53. The molecule has 11 rings (SSSR count). The van der Waals surface area contributed by atoms with Gasteiger partial charge in [0.15, 0.2) is 23.1 Å². The molecule has 2 aliphatic carbocycles. The summed E-state index contributed by atoms with van der Waals surface area (Å²) >= 11 is 0. The average Bonchev–Trinajstić information content (AvgIpc) is 3.74. The number of fused-ring (bicyclic) bond motifs is 11. The van der Waals surface area contributed by atoms with Crippen molar-refractivity contribution in [2.75, 3.05) is 4.90 Å². The molecule has 1 aromatic heterocycles. The van der Waals surface area contributed by atoms with Gasteiger partial charge < -0.3 is 14.2 Å². The summed E-state index contributed by atoms with van der Waals surface area (Å²) in [5.41, 5.74) is 12.7. The number of carbonyl (C=O) groups is 2. The van der Waals surface area contributed by atoms with Crippen molar-refractivity contribution in [3.8, 4) is 44.9 Å². The van der Waals surface area contributed by atoms with E-state index in [1.807, 2.05) is 103 Å². The Morgan fingerprint density at radius 2 is 1.02 bits per heavy atom. The van der Waals surface area contributed by atoms with Crippen molar-refractivity contribution in [2.45, 2.75) is 0 Å². The third-order valence-corrected chi connectivity index (χ3v) is 10.7. The highest BCUT2D eigenvalue weighted by atomic mass is 16.5. The smallest absolute Gasteiger partial charge is 0.197 e. The molecule has 0 N–H and O–H groups in total. The van der Waals surface area contributed by atoms with Gasteiger partial charge in [-0.25, -0.2) is 0 Å². The second-order valence-electron chi connectivity index (χ2n) is 13.2. The number of anilines is 3. The Labute approximate surface area is 287 Å². The highest BCUT2D eigenvalue weighted by Crippen LogP contribution is 2.56. The summed E-state index contributed by atoms with van der Waals surface area (Å²) in [5.74, 6) is 1.44. The van der Waals surface area contributed by atoms with Crippen molar-refractivity contribution in [1.82, 2.24) is 4.57 Å². The van der Waals surface area contributed by atoms with Crippen LogP contribution in [-0.2, 0) is 7.05 Å². The van der Waals surface area contributed by atoms with E-state index in [0.29, 0.717) is 22.3 Å². The molecule has 3 aliphatic rings. The Kier molecular flexibility index (Phi) is 5.28. The fraction of sp³-hybridized carbons (Fsp3) is 0.0222. The predicted octanol–water partition coefficient (Wildman–Crippen LogP) is 11.0. The molecule has 2 heterocycles. The fourth-order valence-electron chi connectivity index (χ4n) is 8.53. The zero-order valence-electron chi connectivity index (χ0n) is 26.9. The number of ether oxygens (including phenoxy) is 1. The first-order chi connectivity index (χ1) is 24.6. The number of nitrogens with zero attached hydrogens (tertiary/aromatic N) is 2. The summed E-state index contributed by atoms with van der Waals surface area (Å²) in [6, 6.07) is 46.5. The van der Waals surface area contributed by atoms with Crippen LogP contribution in [0, 0.1) is 0 Å². The Morgan fingerprint density at radius 1 is 0.420 bits per heavy atom. The SMILES string of the molecule is Cn1c2ccccc2c2cc3c(cc21)N(c1cccc2c1C(=O)c1c-2cccc1-c1cccc2c1-c1ccccc1C2=O)c1ccccc1O3. The maximum atomic E-state index is 15.0. The molecule has 0 unspecified atom stereocenters. The topological polar surface area (TPSA) is 51.5 Å². The van der Waals surface area contributed by atoms with E-state index in [4.69, 9.17) is 4.74 Å². The minimum Gasteiger partial charge on any atom is -0.453 e. The highest BCUT2D eigenvalue weighted by molar-refractivity contribution is 6.29. The standard InChI is InChI=1S/C45H26N2O3/c1-46-34-19-5-4-11-25(34)33-23-40-38(24-37(33)46)47(35-20-6-7-22-39(35)50-40)36-21-10-17-29-28-16-8-15-27(42(28)45(49)43(29)36)26-14-9-18-32-41(26)30-12-2-3-13-31(30)44(32)48/h2-24H,1H3. The molecule has 1 aliphatic heterocycles. The summed E-state index contributed by atoms with van der Waals surface area (Å²) in [7, 11) is 2.09. The molecule has 0 saturated heterocycles. The molecule has 0 fully saturated rings. The molecule has 50 heavy (non-hydrogen) atoms. The quantitative estimate of drug-likeness (QED) is 0.188. The van der Waals surface area contributed by atoms with Crippen LogP contribution >= 0.6 is 0 Å². The van der Waals surface area contributed by atoms with Crippen molar-refractivity contribution in [2.24, 2.45) is 7.05 Å². The Morgan fingerprint density at radius 3 is 1.84 bits per heavy atom. The maximum absolute atomic E-state index is 15.0. The van der Waals surface area contributed by atoms with Crippen LogP contribution in [0.3, 0.4) is 0 Å². The molecule has 0 atom stereocenters. The normalized spacial score (nSPS) is 13.5. The van der Waals surface area contributed by atoms with E-state index in [-0.39, 0.29) is 11.6 Å². The first-order valence-corrected chi connectivity index (χ1v) is 16.8. The summed E-state index contributed by atoms with van der Waals surface area (Å²) < 4.78 is 8.81. The van der Waals surface area contributed by atoms with Crippen LogP contribution < -0.4 is 9.64 Å². The second-order valence-corrected chi connectivity index (χ2v) is 13.2. The van der Waals surface area contributed by atoms with Crippen molar-refractivity contribution in [1.29, 1.82) is 0 Å². The van der Waals surface area contributed by atoms with Crippen LogP contribution in [0.5, 0.6) is 11.5 Å². The van der Waals surface area contributed by atoms with Crippen LogP contribution in [0.2, 0.25) is 0 Å². The molecule has 5 heteroatoms. The monoisotopic (exact) mass is 642 g/mol. The van der Waals surface area contributed by atoms with Gasteiger partial charge in [-0.05, 0) is 64.2 Å². The van der Waals surface area contributed by atoms with Crippen LogP contribution in [0.4, 0.5) is 17.1 Å². The lowest BCUT2D eigenvalue weighted by molar-refractivity contribution is 0.103. The van der Waals surface area contributed by atoms with Gasteiger partial charge in [0.25, 0.3) is 0 Å². The van der Waals surface area contributed by atoms with E-state index in [1.54, 1.807) is 0 Å². The number of ketones is 2. The molecule has 0 spiro atoms. The van der Waals surface area contributed by atoms with Gasteiger partial charge in [-0.15, -0.1) is 0 Å². The van der Waals surface area contributed by atoms with Gasteiger partial charge in [-0.2, -0.15) is 0 Å². The zero-order valence-corrected chi connectivity index (χ0v) is 26.9. The van der Waals surface area contributed by atoms with Crippen molar-refractivity contribution < 1.29 is 14.3 Å². The van der Waals surface area contributed by atoms with Crippen LogP contribution in [-0.4, -0.2) is 16.1 Å². The van der Waals surface area contributed by atoms with Crippen LogP contribution in [0.15, 0.2) is 140 Å². The number of hydrogen-bond acceptors (Lipinski definition) is 4. The van der Waals surface area contributed by atoms with Crippen molar-refractivity contribution in [3.63, 3.8) is 0 Å². The first kappa shape index (κ1) is 27.3. The maximum Gasteiger partial charge on any atom is 0.197 e. The lowest BCUT2D eigenvalue weighted by Gasteiger charge is -2.34. The lowest BCUT2D eigenvalue weighted by Crippen LogP contribution is -2.18. The van der Waals surface area contributed by atoms with E-state index in [0.717, 1.165) is 83.7 Å². The van der Waals surface area contributed by atoms with E-state index >= 15 is 4.79 Å². The van der Waals surface area contributed by atoms with Crippen molar-refractivity contribution in [3.05, 3.63) is 162 Å². The zero-order chi connectivity index (χ0) is 33.2. The summed E-state index contributed by atoms with van der Waals surface area (Å²) in [6.07, 6.45) is 0. The molecule has 5 nitrogen and oxygen atoms in total. The number of hydrogen-bond donors (Lipinski definition) is 0. The Bertz CT molecular complexity index is 2860. The Hall–Kier alpha value is -6.72. The number of aromatic nitrogens is 1.